The second-order valence-electron chi connectivity index (χ2n) is 16.6. The van der Waals surface area contributed by atoms with Crippen molar-refractivity contribution in [1.29, 1.82) is 0 Å². The number of aliphatic hydroxyl groups excluding tert-OH is 3. The van der Waals surface area contributed by atoms with Crippen LogP contribution in [0.5, 0.6) is 11.5 Å². The van der Waals surface area contributed by atoms with Crippen LogP contribution in [0.1, 0.15) is 73.3 Å². The van der Waals surface area contributed by atoms with Crippen molar-refractivity contribution in [1.82, 2.24) is 43.6 Å². The van der Waals surface area contributed by atoms with Gasteiger partial charge in [0.25, 0.3) is 11.8 Å². The largest absolute Gasteiger partial charge is 0.494 e. The molecular weight excluding hydrogens is 909 g/mol. The molecule has 70 heavy (non-hydrogen) atoms. The first-order chi connectivity index (χ1) is 33.6. The molecule has 4 amide bonds. The van der Waals surface area contributed by atoms with Crippen LogP contribution in [0.15, 0.2) is 48.6 Å². The number of hydrogen-bond acceptors (Lipinski definition) is 16. The number of rotatable bonds is 21. The summed E-state index contributed by atoms with van der Waals surface area (Å²) in [4.78, 5) is 64.1. The summed E-state index contributed by atoms with van der Waals surface area (Å²) >= 11 is 0. The van der Waals surface area contributed by atoms with E-state index in [4.69, 9.17) is 56.7 Å². The molecule has 1 saturated heterocycles. The van der Waals surface area contributed by atoms with E-state index in [2.05, 4.69) is 25.7 Å². The van der Waals surface area contributed by atoms with Crippen molar-refractivity contribution in [2.24, 2.45) is 17.2 Å². The number of hydrogen-bond donors (Lipinski definition) is 8. The van der Waals surface area contributed by atoms with Gasteiger partial charge in [-0.25, -0.2) is 9.97 Å². The number of nitrogens with zero attached hydrogens (tertiary/aromatic N) is 9. The van der Waals surface area contributed by atoms with Gasteiger partial charge in [0.1, 0.15) is 33.9 Å². The molecule has 0 unspecified atom stereocenters. The van der Waals surface area contributed by atoms with Crippen LogP contribution in [0.4, 0.5) is 11.9 Å². The Labute approximate surface area is 403 Å². The van der Waals surface area contributed by atoms with Crippen LogP contribution in [0.3, 0.4) is 0 Å². The first kappa shape index (κ1) is 52.2. The van der Waals surface area contributed by atoms with E-state index in [-0.39, 0.29) is 36.1 Å². The maximum Gasteiger partial charge on any atom is 0.276 e. The number of nitrogens with two attached hydrogens (primary N) is 3. The number of anilines is 2. The zero-order valence-corrected chi connectivity index (χ0v) is 40.0. The first-order valence-corrected chi connectivity index (χ1v) is 22.7. The summed E-state index contributed by atoms with van der Waals surface area (Å²) in [5.41, 5.74) is 19.6. The molecule has 0 aliphatic carbocycles. The Bertz CT molecular complexity index is 2840. The van der Waals surface area contributed by atoms with Crippen molar-refractivity contribution < 1.29 is 48.7 Å². The van der Waals surface area contributed by atoms with Crippen LogP contribution in [0.25, 0.3) is 22.1 Å². The van der Waals surface area contributed by atoms with Gasteiger partial charge >= 0.3 is 0 Å². The molecule has 0 spiro atoms. The lowest BCUT2D eigenvalue weighted by atomic mass is 10.1. The van der Waals surface area contributed by atoms with Crippen molar-refractivity contribution >= 4 is 57.6 Å². The quantitative estimate of drug-likeness (QED) is 0.0371. The zero-order chi connectivity index (χ0) is 50.7. The first-order valence-electron chi connectivity index (χ1n) is 22.7. The summed E-state index contributed by atoms with van der Waals surface area (Å²) in [7, 11) is 1.47. The molecule has 11 N–H and O–H groups in total. The Morgan fingerprint density at radius 3 is 1.61 bits per heavy atom. The number of allylic oxidation sites excluding steroid dienone is 2. The number of aromatic nitrogens is 8. The van der Waals surface area contributed by atoms with E-state index in [1.54, 1.807) is 49.7 Å². The predicted octanol–water partition coefficient (Wildman–Crippen LogP) is 1.16. The molecule has 1 fully saturated rings. The summed E-state index contributed by atoms with van der Waals surface area (Å²) in [5, 5.41) is 39.7. The van der Waals surface area contributed by atoms with Crippen LogP contribution in [-0.2, 0) is 30.9 Å². The molecule has 0 bridgehead atoms. The monoisotopic (exact) mass is 970 g/mol. The summed E-state index contributed by atoms with van der Waals surface area (Å²) < 4.78 is 24.3. The molecule has 0 atom stereocenters. The molecule has 7 rings (SSSR count). The number of morpholine rings is 1. The molecular formula is C46H62N14O10. The van der Waals surface area contributed by atoms with Crippen molar-refractivity contribution in [2.75, 3.05) is 77.0 Å². The number of carbonyl (C=O) groups excluding carboxylic acids is 4. The second-order valence-corrected chi connectivity index (χ2v) is 16.6. The molecule has 1 aliphatic heterocycles. The van der Waals surface area contributed by atoms with E-state index < -0.39 is 49.0 Å². The average molecular weight is 971 g/mol. The van der Waals surface area contributed by atoms with Gasteiger partial charge in [-0.15, -0.1) is 0 Å². The fourth-order valence-electron chi connectivity index (χ4n) is 7.63. The summed E-state index contributed by atoms with van der Waals surface area (Å²) in [6, 6.07) is 9.61. The van der Waals surface area contributed by atoms with Gasteiger partial charge in [0.2, 0.25) is 23.7 Å². The number of imidazole rings is 2. The van der Waals surface area contributed by atoms with E-state index >= 15 is 0 Å². The Kier molecular flexibility index (Phi) is 17.4. The Hall–Kier alpha value is -7.22. The highest BCUT2D eigenvalue weighted by Gasteiger charge is 2.24. The molecule has 0 radical (unpaired) electrons. The highest BCUT2D eigenvalue weighted by Crippen LogP contribution is 2.33. The van der Waals surface area contributed by atoms with E-state index in [0.717, 1.165) is 19.6 Å². The van der Waals surface area contributed by atoms with E-state index in [0.29, 0.717) is 95.7 Å². The number of amides is 4. The number of ether oxygens (including phenoxy) is 3. The third-order valence-corrected chi connectivity index (χ3v) is 11.4. The fourth-order valence-corrected chi connectivity index (χ4v) is 7.63. The van der Waals surface area contributed by atoms with Crippen molar-refractivity contribution in [3.05, 3.63) is 82.5 Å². The number of fused-ring (bicyclic) bond motifs is 2. The Balaban J connectivity index is 0.000000923. The molecule has 24 nitrogen and oxygen atoms in total. The van der Waals surface area contributed by atoms with Gasteiger partial charge in [-0.05, 0) is 70.5 Å². The number of aryl methyl sites for hydroxylation is 4. The standard InChI is InChI=1S/C42H51N13O7.C4H11NO3/c1-6-54-31(19-25(3)49-54)39(58)47-41-45-29-21-27(37(43)56)23-33(60-5)35(29)52(41)12-8-9-13-53-36-30(46-42(53)48-40(59)32-20-26(4)50-55(32)7-2)22-28(38(44)57)24-34(36)62-16-10-11-51-14-17-61-18-15-51;5-4(1-6,2-7)3-8/h8-9,19-24H,6-7,10-18H2,1-5H3,(H2,43,56)(H2,44,57)(H,45,47,58)(H,46,48,59);6-8H,1-3,5H2/b9-8+;. The van der Waals surface area contributed by atoms with E-state index in [1.165, 1.54) is 19.2 Å². The second kappa shape index (κ2) is 23.4. The Morgan fingerprint density at radius 1 is 0.743 bits per heavy atom. The molecule has 4 aromatic heterocycles. The molecule has 1 aliphatic rings. The number of benzene rings is 2. The van der Waals surface area contributed by atoms with Crippen molar-refractivity contribution in [3.63, 3.8) is 0 Å². The molecule has 2 aromatic carbocycles. The van der Waals surface area contributed by atoms with Crippen LogP contribution < -0.4 is 37.3 Å². The molecule has 5 heterocycles. The summed E-state index contributed by atoms with van der Waals surface area (Å²) in [6.45, 7) is 11.7. The number of carbonyl (C=O) groups is 4. The predicted molar refractivity (Wildman–Crippen MR) is 259 cm³/mol. The Morgan fingerprint density at radius 2 is 1.20 bits per heavy atom. The number of primary amides is 2. The lowest BCUT2D eigenvalue weighted by Gasteiger charge is -2.26. The summed E-state index contributed by atoms with van der Waals surface area (Å²) in [6.07, 6.45) is 4.42. The van der Waals surface area contributed by atoms with Gasteiger partial charge in [0, 0.05) is 56.9 Å². The SMILES string of the molecule is CCn1nc(C)cc1C(=O)Nc1nc2cc(C(N)=O)cc(OC)c2n1C/C=C/Cn1c(NC(=O)c2cc(C)nn2CC)nc2cc(C(N)=O)cc(OCCCN3CCOCC3)c21.NC(CO)(CO)CO. The van der Waals surface area contributed by atoms with Gasteiger partial charge in [0.05, 0.1) is 74.7 Å². The van der Waals surface area contributed by atoms with E-state index in [9.17, 15) is 19.2 Å². The number of nitrogens with one attached hydrogen (secondary N) is 2. The van der Waals surface area contributed by atoms with Crippen LogP contribution >= 0.6 is 0 Å². The maximum absolute atomic E-state index is 13.8. The lowest BCUT2D eigenvalue weighted by molar-refractivity contribution is 0.0358. The number of aliphatic hydroxyl groups is 3. The maximum atomic E-state index is 13.8. The van der Waals surface area contributed by atoms with Crippen LogP contribution in [-0.4, -0.2) is 154 Å². The fraction of sp³-hybridized carbons (Fsp3) is 0.435. The molecule has 6 aromatic rings. The minimum absolute atomic E-state index is 0.171. The van der Waals surface area contributed by atoms with Crippen molar-refractivity contribution in [2.45, 2.75) is 65.8 Å². The zero-order valence-electron chi connectivity index (χ0n) is 40.0. The smallest absolute Gasteiger partial charge is 0.276 e. The number of methoxy groups -OCH3 is 1. The third kappa shape index (κ3) is 12.1. The highest BCUT2D eigenvalue weighted by molar-refractivity contribution is 6.05. The minimum Gasteiger partial charge on any atom is -0.494 e. The van der Waals surface area contributed by atoms with Gasteiger partial charge in [0.15, 0.2) is 0 Å². The van der Waals surface area contributed by atoms with Crippen LogP contribution in [0, 0.1) is 13.8 Å². The molecule has 0 saturated carbocycles. The van der Waals surface area contributed by atoms with Gasteiger partial charge in [-0.1, -0.05) is 12.2 Å². The molecule has 24 heteroatoms. The lowest BCUT2D eigenvalue weighted by Crippen LogP contribution is -2.50. The van der Waals surface area contributed by atoms with Gasteiger partial charge in [-0.3, -0.25) is 44.1 Å². The third-order valence-electron chi connectivity index (χ3n) is 11.4. The topological polar surface area (TPSA) is 333 Å². The minimum atomic E-state index is -1.21. The normalized spacial score (nSPS) is 13.2. The van der Waals surface area contributed by atoms with Gasteiger partial charge < -0.3 is 55.9 Å². The highest BCUT2D eigenvalue weighted by atomic mass is 16.5. The summed E-state index contributed by atoms with van der Waals surface area (Å²) in [5.74, 6) is -1.11. The van der Waals surface area contributed by atoms with Gasteiger partial charge in [-0.2, -0.15) is 10.2 Å². The molecule has 376 valence electrons. The van der Waals surface area contributed by atoms with E-state index in [1.807, 2.05) is 32.9 Å². The van der Waals surface area contributed by atoms with Crippen molar-refractivity contribution in [3.8, 4) is 11.5 Å². The van der Waals surface area contributed by atoms with Crippen LogP contribution in [0.2, 0.25) is 0 Å². The average Bonchev–Trinajstić information content (AvgIpc) is 4.13.